The Balaban J connectivity index is 2.69. The highest BCUT2D eigenvalue weighted by Gasteiger charge is 2.28. The molecule has 1 aromatic rings. The smallest absolute Gasteiger partial charge is 0.266 e. The number of carbonyl (C=O) groups excluding carboxylic acids is 1. The van der Waals surface area contributed by atoms with Gasteiger partial charge >= 0.3 is 0 Å². The Kier molecular flexibility index (Phi) is 2.68. The van der Waals surface area contributed by atoms with Gasteiger partial charge < -0.3 is 5.73 Å². The van der Waals surface area contributed by atoms with Gasteiger partial charge in [-0.15, -0.1) is 0 Å². The van der Waals surface area contributed by atoms with Crippen LogP contribution in [0.4, 0.5) is 0 Å². The Hall–Kier alpha value is -2.16. The second-order valence-electron chi connectivity index (χ2n) is 4.18. The van der Waals surface area contributed by atoms with Gasteiger partial charge in [-0.2, -0.15) is 5.26 Å². The Labute approximate surface area is 97.7 Å². The molecule has 6 nitrogen and oxygen atoms in total. The Morgan fingerprint density at radius 2 is 2.35 bits per heavy atom. The molecule has 88 valence electrons. The standard InChI is InChI=1S/C11H12N4O2/c1-6-2-3-7(4-12)10-14-5-8(9(13)16)11(17)15(6)10/h5-7H,2-3H2,1H3,(H2,13,16). The summed E-state index contributed by atoms with van der Waals surface area (Å²) < 4.78 is 1.41. The fraction of sp³-hybridized carbons (Fsp3) is 0.455. The second-order valence-corrected chi connectivity index (χ2v) is 4.18. The van der Waals surface area contributed by atoms with Gasteiger partial charge in [0, 0.05) is 12.2 Å². The predicted molar refractivity (Wildman–Crippen MR) is 59.3 cm³/mol. The Morgan fingerprint density at radius 1 is 1.65 bits per heavy atom. The molecule has 1 aromatic heterocycles. The summed E-state index contributed by atoms with van der Waals surface area (Å²) in [6.07, 6.45) is 2.56. The van der Waals surface area contributed by atoms with Crippen LogP contribution in [0.3, 0.4) is 0 Å². The summed E-state index contributed by atoms with van der Waals surface area (Å²) in [5.41, 5.74) is 4.53. The van der Waals surface area contributed by atoms with E-state index in [1.54, 1.807) is 0 Å². The van der Waals surface area contributed by atoms with Crippen LogP contribution in [0.1, 0.15) is 47.9 Å². The monoisotopic (exact) mass is 232 g/mol. The molecule has 0 saturated heterocycles. The molecular weight excluding hydrogens is 220 g/mol. The zero-order chi connectivity index (χ0) is 12.6. The number of fused-ring (bicyclic) bond motifs is 1. The van der Waals surface area contributed by atoms with Crippen molar-refractivity contribution >= 4 is 5.91 Å². The molecule has 1 aliphatic heterocycles. The minimum Gasteiger partial charge on any atom is -0.365 e. The van der Waals surface area contributed by atoms with Crippen LogP contribution in [0.5, 0.6) is 0 Å². The van der Waals surface area contributed by atoms with Gasteiger partial charge in [0.05, 0.1) is 6.07 Å². The van der Waals surface area contributed by atoms with Crippen molar-refractivity contribution in [2.75, 3.05) is 0 Å². The van der Waals surface area contributed by atoms with E-state index in [0.717, 1.165) is 6.42 Å². The molecule has 6 heteroatoms. The van der Waals surface area contributed by atoms with E-state index in [1.807, 2.05) is 6.92 Å². The first-order valence-electron chi connectivity index (χ1n) is 5.37. The molecule has 2 heterocycles. The molecule has 2 rings (SSSR count). The fourth-order valence-corrected chi connectivity index (χ4v) is 2.12. The molecule has 0 fully saturated rings. The molecule has 0 bridgehead atoms. The van der Waals surface area contributed by atoms with E-state index in [-0.39, 0.29) is 17.5 Å². The van der Waals surface area contributed by atoms with Gasteiger partial charge in [-0.1, -0.05) is 0 Å². The molecule has 2 atom stereocenters. The summed E-state index contributed by atoms with van der Waals surface area (Å²) in [6.45, 7) is 1.87. The first-order valence-corrected chi connectivity index (χ1v) is 5.37. The lowest BCUT2D eigenvalue weighted by atomic mass is 9.95. The van der Waals surface area contributed by atoms with Crippen molar-refractivity contribution in [3.8, 4) is 6.07 Å². The summed E-state index contributed by atoms with van der Waals surface area (Å²) >= 11 is 0. The van der Waals surface area contributed by atoms with Gasteiger partial charge in [-0.05, 0) is 19.8 Å². The van der Waals surface area contributed by atoms with Crippen molar-refractivity contribution in [2.24, 2.45) is 5.73 Å². The fourth-order valence-electron chi connectivity index (χ4n) is 2.12. The van der Waals surface area contributed by atoms with Gasteiger partial charge in [0.2, 0.25) is 0 Å². The van der Waals surface area contributed by atoms with E-state index in [4.69, 9.17) is 11.0 Å². The summed E-state index contributed by atoms with van der Waals surface area (Å²) in [6, 6.07) is 2.06. The van der Waals surface area contributed by atoms with Gasteiger partial charge in [-0.3, -0.25) is 14.2 Å². The van der Waals surface area contributed by atoms with Crippen molar-refractivity contribution in [2.45, 2.75) is 31.7 Å². The molecule has 0 radical (unpaired) electrons. The van der Waals surface area contributed by atoms with Crippen LogP contribution in [0.15, 0.2) is 11.0 Å². The van der Waals surface area contributed by atoms with E-state index >= 15 is 0 Å². The maximum atomic E-state index is 12.0. The molecule has 0 saturated carbocycles. The van der Waals surface area contributed by atoms with Crippen molar-refractivity contribution < 1.29 is 4.79 Å². The van der Waals surface area contributed by atoms with Gasteiger partial charge in [-0.25, -0.2) is 4.98 Å². The highest BCUT2D eigenvalue weighted by molar-refractivity contribution is 5.92. The van der Waals surface area contributed by atoms with E-state index in [0.29, 0.717) is 12.2 Å². The zero-order valence-corrected chi connectivity index (χ0v) is 9.38. The maximum Gasteiger partial charge on any atom is 0.266 e. The van der Waals surface area contributed by atoms with Crippen LogP contribution in [0, 0.1) is 11.3 Å². The molecule has 17 heavy (non-hydrogen) atoms. The van der Waals surface area contributed by atoms with E-state index in [1.165, 1.54) is 10.8 Å². The number of carbonyl (C=O) groups is 1. The third kappa shape index (κ3) is 1.69. The number of rotatable bonds is 1. The van der Waals surface area contributed by atoms with Crippen LogP contribution in [-0.4, -0.2) is 15.5 Å². The molecule has 1 amide bonds. The third-order valence-corrected chi connectivity index (χ3v) is 3.07. The number of aromatic nitrogens is 2. The largest absolute Gasteiger partial charge is 0.365 e. The van der Waals surface area contributed by atoms with Gasteiger partial charge in [0.1, 0.15) is 17.3 Å². The quantitative estimate of drug-likeness (QED) is 0.752. The van der Waals surface area contributed by atoms with Crippen molar-refractivity contribution in [1.82, 2.24) is 9.55 Å². The highest BCUT2D eigenvalue weighted by Crippen LogP contribution is 2.29. The van der Waals surface area contributed by atoms with Crippen LogP contribution in [0.2, 0.25) is 0 Å². The highest BCUT2D eigenvalue weighted by atomic mass is 16.2. The molecular formula is C11H12N4O2. The van der Waals surface area contributed by atoms with Crippen LogP contribution in [0.25, 0.3) is 0 Å². The van der Waals surface area contributed by atoms with Crippen molar-refractivity contribution in [1.29, 1.82) is 5.26 Å². The average Bonchev–Trinajstić information content (AvgIpc) is 2.29. The lowest BCUT2D eigenvalue weighted by molar-refractivity contribution is 0.0997. The summed E-state index contributed by atoms with van der Waals surface area (Å²) in [5, 5.41) is 9.00. The van der Waals surface area contributed by atoms with E-state index < -0.39 is 11.5 Å². The second kappa shape index (κ2) is 4.01. The Morgan fingerprint density at radius 3 is 2.94 bits per heavy atom. The Bertz CT molecular complexity index is 570. The molecule has 1 aliphatic rings. The number of nitrogens with zero attached hydrogens (tertiary/aromatic N) is 3. The first-order chi connectivity index (χ1) is 8.06. The molecule has 0 spiro atoms. The maximum absolute atomic E-state index is 12.0. The number of hydrogen-bond acceptors (Lipinski definition) is 4. The lowest BCUT2D eigenvalue weighted by Gasteiger charge is -2.27. The van der Waals surface area contributed by atoms with E-state index in [2.05, 4.69) is 11.1 Å². The number of primary amides is 1. The molecule has 2 N–H and O–H groups in total. The number of amides is 1. The molecule has 2 unspecified atom stereocenters. The SMILES string of the molecule is CC1CCC(C#N)c2ncc(C(N)=O)c(=O)n21. The van der Waals surface area contributed by atoms with Crippen LogP contribution in [-0.2, 0) is 0 Å². The molecule has 0 aliphatic carbocycles. The van der Waals surface area contributed by atoms with Gasteiger partial charge in [0.25, 0.3) is 11.5 Å². The number of nitrogens with two attached hydrogens (primary N) is 1. The minimum absolute atomic E-state index is 0.0612. The summed E-state index contributed by atoms with van der Waals surface area (Å²) in [5.74, 6) is -0.744. The van der Waals surface area contributed by atoms with Crippen LogP contribution >= 0.6 is 0 Å². The molecule has 0 aromatic carbocycles. The topological polar surface area (TPSA) is 102 Å². The first kappa shape index (κ1) is 11.3. The third-order valence-electron chi connectivity index (χ3n) is 3.07. The average molecular weight is 232 g/mol. The van der Waals surface area contributed by atoms with E-state index in [9.17, 15) is 9.59 Å². The summed E-state index contributed by atoms with van der Waals surface area (Å²) in [7, 11) is 0. The predicted octanol–water partition coefficient (Wildman–Crippen LogP) is 0.304. The van der Waals surface area contributed by atoms with Crippen molar-refractivity contribution in [3.05, 3.63) is 27.9 Å². The zero-order valence-electron chi connectivity index (χ0n) is 9.38. The summed E-state index contributed by atoms with van der Waals surface area (Å²) in [4.78, 5) is 27.2. The van der Waals surface area contributed by atoms with Crippen molar-refractivity contribution in [3.63, 3.8) is 0 Å². The number of nitriles is 1. The minimum atomic E-state index is -0.788. The number of hydrogen-bond donors (Lipinski definition) is 1. The normalized spacial score (nSPS) is 22.6. The van der Waals surface area contributed by atoms with Gasteiger partial charge in [0.15, 0.2) is 0 Å². The van der Waals surface area contributed by atoms with Crippen LogP contribution < -0.4 is 11.3 Å². The lowest BCUT2D eigenvalue weighted by Crippen LogP contribution is -2.37.